The van der Waals surface area contributed by atoms with Gasteiger partial charge in [-0.1, -0.05) is 19.6 Å². The fraction of sp³-hybridized carbons (Fsp3) is 0.882. The molecule has 164 valence electrons. The Balaban J connectivity index is 3.20. The Labute approximate surface area is 165 Å². The highest BCUT2D eigenvalue weighted by atomic mass is 28.3. The average Bonchev–Trinajstić information content (AvgIpc) is 2.60. The van der Waals surface area contributed by atoms with E-state index in [2.05, 4.69) is 25.0 Å². The number of aliphatic hydroxyl groups is 4. The number of carbonyl (C=O) groups is 2. The van der Waals surface area contributed by atoms with Gasteiger partial charge in [-0.2, -0.15) is 0 Å². The zero-order chi connectivity index (χ0) is 21.7. The molecule has 1 aliphatic heterocycles. The molecule has 0 saturated carbocycles. The molecule has 11 heteroatoms. The summed E-state index contributed by atoms with van der Waals surface area (Å²) >= 11 is 0. The van der Waals surface area contributed by atoms with Crippen molar-refractivity contribution < 1.29 is 44.2 Å². The molecule has 28 heavy (non-hydrogen) atoms. The number of methoxy groups -OCH3 is 1. The van der Waals surface area contributed by atoms with Crippen LogP contribution in [-0.4, -0.2) is 96.9 Å². The molecular formula is C17H33NO9Si. The van der Waals surface area contributed by atoms with E-state index in [4.69, 9.17) is 19.3 Å². The van der Waals surface area contributed by atoms with E-state index in [1.165, 1.54) is 6.92 Å². The molecular weight excluding hydrogens is 390 g/mol. The van der Waals surface area contributed by atoms with E-state index in [1.54, 1.807) is 0 Å². The lowest BCUT2D eigenvalue weighted by Crippen LogP contribution is -2.68. The molecule has 1 heterocycles. The molecule has 1 aliphatic rings. The van der Waals surface area contributed by atoms with E-state index in [1.807, 2.05) is 0 Å². The van der Waals surface area contributed by atoms with Gasteiger partial charge in [0.25, 0.3) is 5.79 Å². The molecule has 0 aromatic heterocycles. The van der Waals surface area contributed by atoms with Crippen LogP contribution < -0.4 is 5.32 Å². The van der Waals surface area contributed by atoms with Gasteiger partial charge in [-0.15, -0.1) is 0 Å². The third kappa shape index (κ3) is 6.48. The SMILES string of the molecule is COC(=O)[C@@]1(OCC[Si](C)(C)C)C[C@H](O)[C@@H](NC(C)=O)[C@H]([C@H](O)[C@H](O)CO)O1. The Morgan fingerprint density at radius 3 is 2.39 bits per heavy atom. The second kappa shape index (κ2) is 10.1. The highest BCUT2D eigenvalue weighted by molar-refractivity contribution is 6.76. The zero-order valence-corrected chi connectivity index (χ0v) is 18.0. The lowest BCUT2D eigenvalue weighted by atomic mass is 9.88. The summed E-state index contributed by atoms with van der Waals surface area (Å²) in [6, 6.07) is -0.431. The van der Waals surface area contributed by atoms with E-state index in [0.29, 0.717) is 6.04 Å². The predicted octanol–water partition coefficient (Wildman–Crippen LogP) is -1.42. The Morgan fingerprint density at radius 2 is 1.93 bits per heavy atom. The number of esters is 1. The number of nitrogens with one attached hydrogen (secondary N) is 1. The normalized spacial score (nSPS) is 30.4. The van der Waals surface area contributed by atoms with Crippen molar-refractivity contribution >= 4 is 20.0 Å². The molecule has 1 fully saturated rings. The van der Waals surface area contributed by atoms with Gasteiger partial charge in [0.1, 0.15) is 18.3 Å². The van der Waals surface area contributed by atoms with Crippen LogP contribution in [0, 0.1) is 0 Å². The van der Waals surface area contributed by atoms with Crippen LogP contribution in [0.1, 0.15) is 13.3 Å². The zero-order valence-electron chi connectivity index (χ0n) is 17.0. The van der Waals surface area contributed by atoms with Gasteiger partial charge in [0.15, 0.2) is 0 Å². The maximum Gasteiger partial charge on any atom is 0.366 e. The molecule has 0 unspecified atom stereocenters. The summed E-state index contributed by atoms with van der Waals surface area (Å²) < 4.78 is 16.2. The molecule has 5 N–H and O–H groups in total. The van der Waals surface area contributed by atoms with Crippen molar-refractivity contribution in [3.05, 3.63) is 0 Å². The van der Waals surface area contributed by atoms with Gasteiger partial charge in [-0.25, -0.2) is 4.79 Å². The van der Waals surface area contributed by atoms with Crippen LogP contribution in [0.2, 0.25) is 25.7 Å². The number of rotatable bonds is 9. The van der Waals surface area contributed by atoms with Crippen molar-refractivity contribution in [1.82, 2.24) is 5.32 Å². The minimum Gasteiger partial charge on any atom is -0.465 e. The minimum atomic E-state index is -2.01. The van der Waals surface area contributed by atoms with E-state index in [0.717, 1.165) is 7.11 Å². The lowest BCUT2D eigenvalue weighted by molar-refractivity contribution is -0.311. The molecule has 0 spiro atoms. The van der Waals surface area contributed by atoms with Gasteiger partial charge in [0.05, 0.1) is 25.9 Å². The van der Waals surface area contributed by atoms with Crippen molar-refractivity contribution in [3.8, 4) is 0 Å². The second-order valence-corrected chi connectivity index (χ2v) is 13.8. The smallest absolute Gasteiger partial charge is 0.366 e. The van der Waals surface area contributed by atoms with Crippen molar-refractivity contribution in [2.75, 3.05) is 20.3 Å². The summed E-state index contributed by atoms with van der Waals surface area (Å²) in [6.45, 7) is 6.95. The molecule has 1 saturated heterocycles. The molecule has 0 bridgehead atoms. The summed E-state index contributed by atoms with van der Waals surface area (Å²) in [5.41, 5.74) is 0. The molecule has 0 aromatic rings. The molecule has 1 amide bonds. The fourth-order valence-electron chi connectivity index (χ4n) is 2.95. The van der Waals surface area contributed by atoms with Gasteiger partial charge in [-0.3, -0.25) is 4.79 Å². The van der Waals surface area contributed by atoms with Crippen LogP contribution in [0.5, 0.6) is 0 Å². The van der Waals surface area contributed by atoms with Crippen molar-refractivity contribution in [2.45, 2.75) is 75.3 Å². The van der Waals surface area contributed by atoms with Crippen LogP contribution in [0.15, 0.2) is 0 Å². The second-order valence-electron chi connectivity index (χ2n) is 8.22. The summed E-state index contributed by atoms with van der Waals surface area (Å²) in [6.07, 6.45) is -6.44. The number of ether oxygens (including phenoxy) is 3. The van der Waals surface area contributed by atoms with Crippen LogP contribution in [0.4, 0.5) is 0 Å². The van der Waals surface area contributed by atoms with Gasteiger partial charge >= 0.3 is 5.97 Å². The van der Waals surface area contributed by atoms with Gasteiger partial charge < -0.3 is 40.0 Å². The monoisotopic (exact) mass is 423 g/mol. The van der Waals surface area contributed by atoms with E-state index in [9.17, 15) is 24.9 Å². The van der Waals surface area contributed by atoms with Crippen LogP contribution in [0.3, 0.4) is 0 Å². The topological polar surface area (TPSA) is 155 Å². The molecule has 1 rings (SSSR count). The molecule has 0 aliphatic carbocycles. The van der Waals surface area contributed by atoms with Crippen LogP contribution in [0.25, 0.3) is 0 Å². The van der Waals surface area contributed by atoms with Crippen molar-refractivity contribution in [1.29, 1.82) is 0 Å². The van der Waals surface area contributed by atoms with Gasteiger partial charge in [-0.05, 0) is 6.04 Å². The Kier molecular flexibility index (Phi) is 9.00. The largest absolute Gasteiger partial charge is 0.465 e. The minimum absolute atomic E-state index is 0.160. The van der Waals surface area contributed by atoms with E-state index < -0.39 is 62.8 Å². The Bertz CT molecular complexity index is 541. The van der Waals surface area contributed by atoms with Gasteiger partial charge in [0, 0.05) is 28.0 Å². The summed E-state index contributed by atoms with van der Waals surface area (Å²) in [5.74, 6) is -3.42. The van der Waals surface area contributed by atoms with Crippen LogP contribution in [-0.2, 0) is 23.8 Å². The number of carbonyl (C=O) groups excluding carboxylic acids is 2. The molecule has 6 atom stereocenters. The molecule has 0 aromatic carbocycles. The van der Waals surface area contributed by atoms with E-state index >= 15 is 0 Å². The number of hydrogen-bond acceptors (Lipinski definition) is 9. The number of amides is 1. The first kappa shape index (κ1) is 25.0. The molecule has 10 nitrogen and oxygen atoms in total. The molecule has 0 radical (unpaired) electrons. The number of hydrogen-bond donors (Lipinski definition) is 5. The summed E-state index contributed by atoms with van der Waals surface area (Å²) in [4.78, 5) is 24.0. The standard InChI is InChI=1S/C17H33NO9Si/c1-10(20)18-13-11(21)8-17(16(24)25-2,26-6-7-28(3,4)5)27-15(13)14(23)12(22)9-19/h11-15,19,21-23H,6-9H2,1-5H3,(H,18,20)/t11-,12+,13+,14+,15+,17+/m0/s1. The maximum absolute atomic E-state index is 12.5. The highest BCUT2D eigenvalue weighted by Gasteiger charge is 2.56. The first-order chi connectivity index (χ1) is 12.9. The Hall–Kier alpha value is -1.08. The lowest BCUT2D eigenvalue weighted by Gasteiger charge is -2.47. The summed E-state index contributed by atoms with van der Waals surface area (Å²) in [7, 11) is -0.375. The quantitative estimate of drug-likeness (QED) is 0.222. The fourth-order valence-corrected chi connectivity index (χ4v) is 3.66. The highest BCUT2D eigenvalue weighted by Crippen LogP contribution is 2.34. The Morgan fingerprint density at radius 1 is 1.32 bits per heavy atom. The predicted molar refractivity (Wildman–Crippen MR) is 101 cm³/mol. The maximum atomic E-state index is 12.5. The third-order valence-corrected chi connectivity index (χ3v) is 6.25. The first-order valence-electron chi connectivity index (χ1n) is 9.19. The van der Waals surface area contributed by atoms with Crippen molar-refractivity contribution in [3.63, 3.8) is 0 Å². The third-order valence-electron chi connectivity index (χ3n) is 4.54. The van der Waals surface area contributed by atoms with Crippen molar-refractivity contribution in [2.24, 2.45) is 0 Å². The number of aliphatic hydroxyl groups excluding tert-OH is 4. The first-order valence-corrected chi connectivity index (χ1v) is 12.9. The van der Waals surface area contributed by atoms with Crippen LogP contribution >= 0.6 is 0 Å². The van der Waals surface area contributed by atoms with E-state index in [-0.39, 0.29) is 13.0 Å². The average molecular weight is 424 g/mol. The van der Waals surface area contributed by atoms with Gasteiger partial charge in [0.2, 0.25) is 5.91 Å². The summed E-state index contributed by atoms with van der Waals surface area (Å²) in [5, 5.41) is 42.4.